The van der Waals surface area contributed by atoms with E-state index >= 15 is 0 Å². The summed E-state index contributed by atoms with van der Waals surface area (Å²) in [5.74, 6) is -0.206. The van der Waals surface area contributed by atoms with Gasteiger partial charge in [-0.25, -0.2) is 0 Å². The molecule has 2 nitrogen and oxygen atoms in total. The normalized spacial score (nSPS) is 13.7. The Morgan fingerprint density at radius 2 is 1.50 bits per heavy atom. The van der Waals surface area contributed by atoms with E-state index < -0.39 is 25.2 Å². The average molecular weight is 514 g/mol. The van der Waals surface area contributed by atoms with Gasteiger partial charge >= 0.3 is 177 Å². The van der Waals surface area contributed by atoms with Crippen LogP contribution < -0.4 is 9.47 Å². The summed E-state index contributed by atoms with van der Waals surface area (Å²) in [4.78, 5) is 0. The summed E-state index contributed by atoms with van der Waals surface area (Å²) in [6, 6.07) is 7.33. The first kappa shape index (κ1) is 21.4. The molecule has 2 aromatic carbocycles. The van der Waals surface area contributed by atoms with Crippen molar-refractivity contribution in [2.45, 2.75) is 39.9 Å². The molecular weight excluding hydrogens is 494 g/mol. The van der Waals surface area contributed by atoms with Gasteiger partial charge < -0.3 is 0 Å². The Morgan fingerprint density at radius 1 is 0.893 bits per heavy atom. The molecule has 1 aliphatic rings. The number of hydrogen-bond acceptors (Lipinski definition) is 2. The van der Waals surface area contributed by atoms with Gasteiger partial charge in [-0.15, -0.1) is 0 Å². The van der Waals surface area contributed by atoms with Crippen LogP contribution in [-0.4, -0.2) is 16.3 Å². The standard InChI is InChI=1S/C21H20F2O2.2ClH.Ru/c1-12(2)24-14-10-17-15(20(11-14)25-13(3)4)8-9-16(17)21-18(22)6-5-7-19(21)23;;;/h5-7,9-13H,1-4H3;2*1H;/q;;;+2/p-2. The van der Waals surface area contributed by atoms with Crippen molar-refractivity contribution in [3.63, 3.8) is 0 Å². The minimum atomic E-state index is -2.40. The van der Waals surface area contributed by atoms with Crippen LogP contribution in [0.15, 0.2) is 36.4 Å². The SMILES string of the molecule is CC(C)Oc1cc(OC(C)C)c2c(c1)C(c1c(F)cccc1F)=C[C]2=[Ru]([Cl])[Cl]. The molecule has 0 atom stereocenters. The Balaban J connectivity index is 2.31. The monoisotopic (exact) mass is 514 g/mol. The van der Waals surface area contributed by atoms with Gasteiger partial charge in [0.05, 0.1) is 0 Å². The number of benzene rings is 2. The van der Waals surface area contributed by atoms with Crippen molar-refractivity contribution in [2.24, 2.45) is 0 Å². The van der Waals surface area contributed by atoms with Crippen molar-refractivity contribution in [1.82, 2.24) is 0 Å². The summed E-state index contributed by atoms with van der Waals surface area (Å²) in [5.41, 5.74) is 1.57. The van der Waals surface area contributed by atoms with E-state index in [1.807, 2.05) is 27.7 Å². The molecule has 3 rings (SSSR count). The molecule has 0 aromatic heterocycles. The van der Waals surface area contributed by atoms with Gasteiger partial charge in [0.1, 0.15) is 0 Å². The van der Waals surface area contributed by atoms with E-state index in [-0.39, 0.29) is 17.8 Å². The second kappa shape index (κ2) is 8.61. The van der Waals surface area contributed by atoms with E-state index in [0.29, 0.717) is 32.3 Å². The Bertz CT molecular complexity index is 960. The number of allylic oxidation sites excluding steroid dienone is 1. The summed E-state index contributed by atoms with van der Waals surface area (Å²) in [5, 5.41) is 0. The van der Waals surface area contributed by atoms with Gasteiger partial charge in [0.15, 0.2) is 0 Å². The van der Waals surface area contributed by atoms with Crippen LogP contribution in [0.2, 0.25) is 0 Å². The summed E-state index contributed by atoms with van der Waals surface area (Å²) >= 11 is -2.40. The molecule has 0 fully saturated rings. The summed E-state index contributed by atoms with van der Waals surface area (Å²) in [6.07, 6.45) is 1.49. The van der Waals surface area contributed by atoms with Gasteiger partial charge in [-0.2, -0.15) is 0 Å². The van der Waals surface area contributed by atoms with E-state index in [4.69, 9.17) is 28.9 Å². The Hall–Kier alpha value is -1.29. The molecule has 1 aliphatic carbocycles. The van der Waals surface area contributed by atoms with Crippen LogP contribution in [-0.2, 0) is 13.5 Å². The van der Waals surface area contributed by atoms with Gasteiger partial charge in [0.25, 0.3) is 0 Å². The van der Waals surface area contributed by atoms with Crippen LogP contribution in [0, 0.1) is 11.6 Å². The zero-order valence-corrected chi connectivity index (χ0v) is 19.1. The molecule has 0 N–H and O–H groups in total. The van der Waals surface area contributed by atoms with Crippen LogP contribution in [0.3, 0.4) is 0 Å². The van der Waals surface area contributed by atoms with Crippen molar-refractivity contribution in [2.75, 3.05) is 0 Å². The van der Waals surface area contributed by atoms with E-state index in [1.165, 1.54) is 18.2 Å². The van der Waals surface area contributed by atoms with Gasteiger partial charge in [-0.05, 0) is 0 Å². The van der Waals surface area contributed by atoms with Crippen molar-refractivity contribution in [3.8, 4) is 11.5 Å². The fourth-order valence-electron chi connectivity index (χ4n) is 3.07. The van der Waals surface area contributed by atoms with Crippen LogP contribution in [0.1, 0.15) is 44.4 Å². The first-order valence-electron chi connectivity index (χ1n) is 8.74. The zero-order chi connectivity index (χ0) is 20.6. The number of fused-ring (bicyclic) bond motifs is 1. The fourth-order valence-corrected chi connectivity index (χ4v) is 5.53. The van der Waals surface area contributed by atoms with Crippen LogP contribution >= 0.6 is 19.4 Å². The van der Waals surface area contributed by atoms with Crippen molar-refractivity contribution >= 4 is 29.1 Å². The Morgan fingerprint density at radius 3 is 2.04 bits per heavy atom. The quantitative estimate of drug-likeness (QED) is 0.429. The third-order valence-corrected chi connectivity index (χ3v) is 7.07. The number of hydrogen-bond donors (Lipinski definition) is 0. The third kappa shape index (κ3) is 4.32. The van der Waals surface area contributed by atoms with E-state index in [0.717, 1.165) is 0 Å². The number of halogens is 4. The molecule has 2 aromatic rings. The molecule has 0 saturated heterocycles. The number of ether oxygens (including phenoxy) is 2. The zero-order valence-electron chi connectivity index (χ0n) is 15.8. The first-order chi connectivity index (χ1) is 13.2. The second-order valence-corrected chi connectivity index (χ2v) is 12.7. The molecule has 152 valence electrons. The predicted octanol–water partition coefficient (Wildman–Crippen LogP) is 6.43. The van der Waals surface area contributed by atoms with Gasteiger partial charge in [0.2, 0.25) is 0 Å². The van der Waals surface area contributed by atoms with Gasteiger partial charge in [0, 0.05) is 0 Å². The van der Waals surface area contributed by atoms with Crippen molar-refractivity contribution in [3.05, 3.63) is 64.7 Å². The molecule has 0 bridgehead atoms. The molecule has 0 radical (unpaired) electrons. The van der Waals surface area contributed by atoms with Gasteiger partial charge in [-0.3, -0.25) is 0 Å². The fraction of sp³-hybridized carbons (Fsp3) is 0.286. The molecule has 0 amide bonds. The van der Waals surface area contributed by atoms with E-state index in [2.05, 4.69) is 0 Å². The van der Waals surface area contributed by atoms with Crippen molar-refractivity contribution < 1.29 is 31.8 Å². The minimum absolute atomic E-state index is 0.0732. The molecule has 0 spiro atoms. The van der Waals surface area contributed by atoms with Crippen LogP contribution in [0.4, 0.5) is 8.78 Å². The molecular formula is C21H20Cl2F2O2Ru. The van der Waals surface area contributed by atoms with E-state index in [1.54, 1.807) is 18.2 Å². The first-order valence-corrected chi connectivity index (χ1v) is 14.1. The number of rotatable bonds is 5. The molecule has 0 heterocycles. The van der Waals surface area contributed by atoms with Crippen molar-refractivity contribution in [1.29, 1.82) is 0 Å². The van der Waals surface area contributed by atoms with Crippen LogP contribution in [0.25, 0.3) is 5.57 Å². The molecule has 28 heavy (non-hydrogen) atoms. The maximum atomic E-state index is 14.5. The molecule has 7 heteroatoms. The second-order valence-electron chi connectivity index (χ2n) is 6.85. The maximum absolute atomic E-state index is 14.5. The van der Waals surface area contributed by atoms with Gasteiger partial charge in [-0.1, -0.05) is 0 Å². The molecule has 0 aliphatic heterocycles. The van der Waals surface area contributed by atoms with E-state index in [9.17, 15) is 8.78 Å². The summed E-state index contributed by atoms with van der Waals surface area (Å²) < 4.78 is 41.6. The average Bonchev–Trinajstić information content (AvgIpc) is 2.93. The molecule has 0 saturated carbocycles. The third-order valence-electron chi connectivity index (χ3n) is 3.98. The summed E-state index contributed by atoms with van der Waals surface area (Å²) in [6.45, 7) is 7.61. The Labute approximate surface area is 176 Å². The van der Waals surface area contributed by atoms with Crippen LogP contribution in [0.5, 0.6) is 11.5 Å². The topological polar surface area (TPSA) is 18.5 Å². The predicted molar refractivity (Wildman–Crippen MR) is 107 cm³/mol. The Kier molecular flexibility index (Phi) is 6.59. The summed E-state index contributed by atoms with van der Waals surface area (Å²) in [7, 11) is 12.7. The molecule has 0 unspecified atom stereocenters.